The molecular weight excluding hydrogens is 218 g/mol. The third-order valence-electron chi connectivity index (χ3n) is 2.24. The van der Waals surface area contributed by atoms with Crippen LogP contribution in [0.25, 0.3) is 0 Å². The van der Waals surface area contributed by atoms with Gasteiger partial charge in [-0.05, 0) is 52.7 Å². The number of nitrogens with one attached hydrogen (secondary N) is 1. The van der Waals surface area contributed by atoms with Gasteiger partial charge in [-0.25, -0.2) is 0 Å². The highest BCUT2D eigenvalue weighted by Gasteiger charge is 2.22. The van der Waals surface area contributed by atoms with Crippen LogP contribution in [0.1, 0.15) is 40.0 Å². The summed E-state index contributed by atoms with van der Waals surface area (Å²) in [5, 5.41) is 12.0. The average Bonchev–Trinajstić information content (AvgIpc) is 2.25. The lowest BCUT2D eigenvalue weighted by Gasteiger charge is -2.16. The van der Waals surface area contributed by atoms with E-state index in [9.17, 15) is 4.79 Å². The van der Waals surface area contributed by atoms with Gasteiger partial charge in [0.1, 0.15) is 6.23 Å². The van der Waals surface area contributed by atoms with Crippen LogP contribution in [0.5, 0.6) is 0 Å². The summed E-state index contributed by atoms with van der Waals surface area (Å²) in [6, 6.07) is 0. The minimum absolute atomic E-state index is 0.155. The number of aliphatic hydroxyl groups is 1. The summed E-state index contributed by atoms with van der Waals surface area (Å²) in [5.74, 6) is -0.155. The fourth-order valence-electron chi connectivity index (χ4n) is 1.12. The normalized spacial score (nSPS) is 13.2. The summed E-state index contributed by atoms with van der Waals surface area (Å²) in [6.45, 7) is 10.2. The topological polar surface area (TPSA) is 58.6 Å². The van der Waals surface area contributed by atoms with Crippen molar-refractivity contribution in [1.82, 2.24) is 5.32 Å². The van der Waals surface area contributed by atoms with Crippen molar-refractivity contribution in [2.24, 2.45) is 5.41 Å². The molecule has 2 N–H and O–H groups in total. The van der Waals surface area contributed by atoms with E-state index in [1.807, 2.05) is 20.8 Å². The molecule has 0 saturated heterocycles. The maximum absolute atomic E-state index is 11.4. The first-order valence-corrected chi connectivity index (χ1v) is 6.09. The van der Waals surface area contributed by atoms with Gasteiger partial charge < -0.3 is 9.84 Å². The molecule has 0 aliphatic heterocycles. The van der Waals surface area contributed by atoms with Gasteiger partial charge in [-0.1, -0.05) is 6.58 Å². The molecule has 0 aliphatic rings. The van der Waals surface area contributed by atoms with E-state index in [0.29, 0.717) is 6.61 Å². The van der Waals surface area contributed by atoms with Crippen LogP contribution in [-0.2, 0) is 9.53 Å². The lowest BCUT2D eigenvalue weighted by atomic mass is 9.97. The van der Waals surface area contributed by atoms with E-state index in [1.54, 1.807) is 0 Å². The van der Waals surface area contributed by atoms with Crippen molar-refractivity contribution < 1.29 is 14.6 Å². The number of carbonyl (C=O) groups excluding carboxylic acids is 1. The number of hydrogen-bond donors (Lipinski definition) is 2. The van der Waals surface area contributed by atoms with Gasteiger partial charge in [-0.3, -0.25) is 10.1 Å². The number of carbonyl (C=O) groups is 1. The van der Waals surface area contributed by atoms with E-state index in [0.717, 1.165) is 25.8 Å². The highest BCUT2D eigenvalue weighted by Crippen LogP contribution is 2.15. The molecule has 1 unspecified atom stereocenters. The van der Waals surface area contributed by atoms with E-state index in [-0.39, 0.29) is 5.97 Å². The van der Waals surface area contributed by atoms with Crippen molar-refractivity contribution in [1.29, 1.82) is 0 Å². The van der Waals surface area contributed by atoms with Gasteiger partial charge in [0, 0.05) is 0 Å². The molecule has 1 atom stereocenters. The average molecular weight is 243 g/mol. The Morgan fingerprint density at radius 2 is 2.06 bits per heavy atom. The zero-order chi connectivity index (χ0) is 13.3. The Kier molecular flexibility index (Phi) is 7.83. The molecule has 0 amide bonds. The van der Waals surface area contributed by atoms with Gasteiger partial charge in [0.15, 0.2) is 0 Å². The molecule has 0 aromatic carbocycles. The molecule has 0 heterocycles. The lowest BCUT2D eigenvalue weighted by Crippen LogP contribution is -2.27. The van der Waals surface area contributed by atoms with Crippen molar-refractivity contribution in [3.05, 3.63) is 12.7 Å². The quantitative estimate of drug-likeness (QED) is 0.295. The van der Waals surface area contributed by atoms with E-state index >= 15 is 0 Å². The van der Waals surface area contributed by atoms with Crippen LogP contribution in [0.15, 0.2) is 12.7 Å². The standard InChI is InChI=1S/C13H25NO3/c1-5-11(15)14-9-7-6-8-10-17-12(16)13(2,3)4/h5,11,14-15H,1,6-10H2,2-4H3. The van der Waals surface area contributed by atoms with Gasteiger partial charge in [-0.2, -0.15) is 0 Å². The number of ether oxygens (including phenoxy) is 1. The fourth-order valence-corrected chi connectivity index (χ4v) is 1.12. The number of esters is 1. The smallest absolute Gasteiger partial charge is 0.311 e. The van der Waals surface area contributed by atoms with Crippen LogP contribution in [0.3, 0.4) is 0 Å². The molecule has 17 heavy (non-hydrogen) atoms. The van der Waals surface area contributed by atoms with Gasteiger partial charge in [0.25, 0.3) is 0 Å². The van der Waals surface area contributed by atoms with Crippen molar-refractivity contribution >= 4 is 5.97 Å². The summed E-state index contributed by atoms with van der Waals surface area (Å²) < 4.78 is 5.13. The first kappa shape index (κ1) is 16.1. The van der Waals surface area contributed by atoms with Crippen LogP contribution in [-0.4, -0.2) is 30.5 Å². The highest BCUT2D eigenvalue weighted by atomic mass is 16.5. The monoisotopic (exact) mass is 243 g/mol. The SMILES string of the molecule is C=CC(O)NCCCCCOC(=O)C(C)(C)C. The van der Waals surface area contributed by atoms with Crippen LogP contribution < -0.4 is 5.32 Å². The third kappa shape index (κ3) is 8.89. The Morgan fingerprint density at radius 1 is 1.41 bits per heavy atom. The number of unbranched alkanes of at least 4 members (excludes halogenated alkanes) is 2. The van der Waals surface area contributed by atoms with Crippen molar-refractivity contribution in [2.75, 3.05) is 13.2 Å². The van der Waals surface area contributed by atoms with Crippen molar-refractivity contribution in [2.45, 2.75) is 46.3 Å². The lowest BCUT2D eigenvalue weighted by molar-refractivity contribution is -0.153. The second kappa shape index (κ2) is 8.25. The van der Waals surface area contributed by atoms with Crippen LogP contribution in [0, 0.1) is 5.41 Å². The Hall–Kier alpha value is -0.870. The van der Waals surface area contributed by atoms with E-state index < -0.39 is 11.6 Å². The maximum Gasteiger partial charge on any atom is 0.311 e. The Balaban J connectivity index is 3.36. The largest absolute Gasteiger partial charge is 0.465 e. The molecule has 0 rings (SSSR count). The maximum atomic E-state index is 11.4. The van der Waals surface area contributed by atoms with E-state index in [2.05, 4.69) is 11.9 Å². The molecule has 0 aromatic heterocycles. The molecular formula is C13H25NO3. The Bertz CT molecular complexity index is 233. The Morgan fingerprint density at radius 3 is 2.59 bits per heavy atom. The molecule has 4 heteroatoms. The van der Waals surface area contributed by atoms with Crippen LogP contribution >= 0.6 is 0 Å². The number of aliphatic hydroxyl groups excluding tert-OH is 1. The molecule has 100 valence electrons. The predicted octanol–water partition coefficient (Wildman–Crippen LogP) is 1.84. The molecule has 0 fully saturated rings. The van der Waals surface area contributed by atoms with E-state index in [4.69, 9.17) is 9.84 Å². The summed E-state index contributed by atoms with van der Waals surface area (Å²) >= 11 is 0. The zero-order valence-corrected chi connectivity index (χ0v) is 11.2. The summed E-state index contributed by atoms with van der Waals surface area (Å²) in [6.07, 6.45) is 3.58. The first-order chi connectivity index (χ1) is 7.88. The molecule has 0 radical (unpaired) electrons. The molecule has 0 bridgehead atoms. The highest BCUT2D eigenvalue weighted by molar-refractivity contribution is 5.75. The van der Waals surface area contributed by atoms with Crippen molar-refractivity contribution in [3.63, 3.8) is 0 Å². The van der Waals surface area contributed by atoms with Gasteiger partial charge in [-0.15, -0.1) is 0 Å². The van der Waals surface area contributed by atoms with E-state index in [1.165, 1.54) is 6.08 Å². The minimum atomic E-state index is -0.631. The van der Waals surface area contributed by atoms with Crippen LogP contribution in [0.2, 0.25) is 0 Å². The molecule has 0 aromatic rings. The second-order valence-corrected chi connectivity index (χ2v) is 5.08. The number of rotatable bonds is 8. The number of hydrogen-bond acceptors (Lipinski definition) is 4. The Labute approximate surface area is 104 Å². The van der Waals surface area contributed by atoms with Gasteiger partial charge in [0.05, 0.1) is 12.0 Å². The molecule has 0 spiro atoms. The third-order valence-corrected chi connectivity index (χ3v) is 2.24. The first-order valence-electron chi connectivity index (χ1n) is 6.09. The van der Waals surface area contributed by atoms with Crippen molar-refractivity contribution in [3.8, 4) is 0 Å². The van der Waals surface area contributed by atoms with Crippen LogP contribution in [0.4, 0.5) is 0 Å². The summed E-state index contributed by atoms with van der Waals surface area (Å²) in [5.41, 5.74) is -0.421. The predicted molar refractivity (Wildman–Crippen MR) is 68.5 cm³/mol. The fraction of sp³-hybridized carbons (Fsp3) is 0.769. The molecule has 4 nitrogen and oxygen atoms in total. The molecule has 0 saturated carbocycles. The van der Waals surface area contributed by atoms with Gasteiger partial charge >= 0.3 is 5.97 Å². The summed E-state index contributed by atoms with van der Waals surface area (Å²) in [7, 11) is 0. The zero-order valence-electron chi connectivity index (χ0n) is 11.2. The molecule has 0 aliphatic carbocycles. The summed E-state index contributed by atoms with van der Waals surface area (Å²) in [4.78, 5) is 11.4. The second-order valence-electron chi connectivity index (χ2n) is 5.08. The minimum Gasteiger partial charge on any atom is -0.465 e. The van der Waals surface area contributed by atoms with Gasteiger partial charge in [0.2, 0.25) is 0 Å².